The van der Waals surface area contributed by atoms with Crippen LogP contribution in [0.15, 0.2) is 12.1 Å². The summed E-state index contributed by atoms with van der Waals surface area (Å²) in [5, 5.41) is 8.85. The molecule has 16 heavy (non-hydrogen) atoms. The molecular weight excluding hydrogens is 432 g/mol. The Kier molecular flexibility index (Phi) is 5.48. The Balaban J connectivity index is 2.95. The fraction of sp³-hybridized carbons (Fsp3) is 0.273. The van der Waals surface area contributed by atoms with E-state index in [4.69, 9.17) is 10.00 Å². The lowest BCUT2D eigenvalue weighted by Gasteiger charge is -2.06. The lowest BCUT2D eigenvalue weighted by molar-refractivity contribution is -0.142. The van der Waals surface area contributed by atoms with E-state index in [-0.39, 0.29) is 12.4 Å². The van der Waals surface area contributed by atoms with Crippen molar-refractivity contribution in [1.29, 1.82) is 5.26 Å². The second-order valence-electron chi connectivity index (χ2n) is 3.02. The monoisotopic (exact) mass is 441 g/mol. The van der Waals surface area contributed by atoms with E-state index >= 15 is 0 Å². The smallest absolute Gasteiger partial charge is 0.310 e. The summed E-state index contributed by atoms with van der Waals surface area (Å²) in [6.07, 6.45) is 0.258. The molecule has 84 valence electrons. The number of carbonyl (C=O) groups is 1. The Morgan fingerprint density at radius 2 is 2.12 bits per heavy atom. The molecule has 0 saturated carbocycles. The van der Waals surface area contributed by atoms with Crippen LogP contribution in [0, 0.1) is 18.5 Å². The Morgan fingerprint density at radius 3 is 2.69 bits per heavy atom. The van der Waals surface area contributed by atoms with Crippen LogP contribution in [0.25, 0.3) is 0 Å². The SMILES string of the molecule is CCOC(=O)Cc1cc(I)c(C#N)cc1I. The molecule has 0 aromatic heterocycles. The molecule has 0 bridgehead atoms. The van der Waals surface area contributed by atoms with Crippen LogP contribution in [0.3, 0.4) is 0 Å². The van der Waals surface area contributed by atoms with Crippen LogP contribution in [0.1, 0.15) is 18.1 Å². The first-order valence-electron chi connectivity index (χ1n) is 4.62. The van der Waals surface area contributed by atoms with E-state index < -0.39 is 0 Å². The molecule has 0 aliphatic heterocycles. The van der Waals surface area contributed by atoms with Gasteiger partial charge >= 0.3 is 5.97 Å². The van der Waals surface area contributed by atoms with E-state index in [1.54, 1.807) is 13.0 Å². The summed E-state index contributed by atoms with van der Waals surface area (Å²) >= 11 is 4.22. The number of halogens is 2. The molecule has 0 atom stereocenters. The van der Waals surface area contributed by atoms with Gasteiger partial charge in [0.1, 0.15) is 6.07 Å². The van der Waals surface area contributed by atoms with E-state index in [0.717, 1.165) is 12.7 Å². The fourth-order valence-electron chi connectivity index (χ4n) is 1.18. The predicted molar refractivity (Wildman–Crippen MR) is 76.9 cm³/mol. The first-order chi connectivity index (χ1) is 7.58. The number of ether oxygens (including phenoxy) is 1. The maximum absolute atomic E-state index is 11.3. The van der Waals surface area contributed by atoms with Gasteiger partial charge in [-0.1, -0.05) is 0 Å². The Labute approximate surface area is 121 Å². The van der Waals surface area contributed by atoms with Gasteiger partial charge in [-0.25, -0.2) is 0 Å². The first-order valence-corrected chi connectivity index (χ1v) is 6.77. The molecule has 5 heteroatoms. The number of rotatable bonds is 3. The molecule has 0 saturated heterocycles. The zero-order valence-corrected chi connectivity index (χ0v) is 12.9. The molecule has 0 amide bonds. The normalized spacial score (nSPS) is 9.62. The number of esters is 1. The standard InChI is InChI=1S/C11H9I2NO2/c1-2-16-11(15)5-7-3-10(13)8(6-14)4-9(7)12/h3-4H,2,5H2,1H3. The number of benzene rings is 1. The third-order valence-corrected chi connectivity index (χ3v) is 3.79. The van der Waals surface area contributed by atoms with Crippen molar-refractivity contribution in [2.45, 2.75) is 13.3 Å². The highest BCUT2D eigenvalue weighted by atomic mass is 127. The summed E-state index contributed by atoms with van der Waals surface area (Å²) in [5.41, 5.74) is 1.54. The summed E-state index contributed by atoms with van der Waals surface area (Å²) in [4.78, 5) is 11.3. The number of nitrogens with zero attached hydrogens (tertiary/aromatic N) is 1. The lowest BCUT2D eigenvalue weighted by Crippen LogP contribution is -2.09. The van der Waals surface area contributed by atoms with Crippen LogP contribution in [-0.2, 0) is 16.0 Å². The van der Waals surface area contributed by atoms with Crippen LogP contribution >= 0.6 is 45.2 Å². The quantitative estimate of drug-likeness (QED) is 0.536. The first kappa shape index (κ1) is 13.7. The molecule has 0 radical (unpaired) electrons. The largest absolute Gasteiger partial charge is 0.466 e. The predicted octanol–water partition coefficient (Wildman–Crippen LogP) is 2.87. The van der Waals surface area contributed by atoms with Crippen LogP contribution < -0.4 is 0 Å². The van der Waals surface area contributed by atoms with Gasteiger partial charge in [-0.3, -0.25) is 4.79 Å². The van der Waals surface area contributed by atoms with Gasteiger partial charge in [-0.05, 0) is 69.8 Å². The molecule has 1 rings (SSSR count). The van der Waals surface area contributed by atoms with Crippen molar-refractivity contribution in [1.82, 2.24) is 0 Å². The van der Waals surface area contributed by atoms with Crippen LogP contribution in [-0.4, -0.2) is 12.6 Å². The van der Waals surface area contributed by atoms with Crippen LogP contribution in [0.5, 0.6) is 0 Å². The average Bonchev–Trinajstić information content (AvgIpc) is 2.23. The van der Waals surface area contributed by atoms with Gasteiger partial charge in [0.2, 0.25) is 0 Å². The molecule has 1 aromatic carbocycles. The molecule has 0 heterocycles. The Bertz CT molecular complexity index is 452. The number of carbonyl (C=O) groups excluding carboxylic acids is 1. The van der Waals surface area contributed by atoms with E-state index in [0.29, 0.717) is 12.2 Å². The fourth-order valence-corrected chi connectivity index (χ4v) is 2.49. The van der Waals surface area contributed by atoms with Gasteiger partial charge in [0.25, 0.3) is 0 Å². The number of hydrogen-bond acceptors (Lipinski definition) is 3. The third-order valence-electron chi connectivity index (χ3n) is 1.90. The van der Waals surface area contributed by atoms with Crippen molar-refractivity contribution in [3.05, 3.63) is 30.4 Å². The molecule has 0 spiro atoms. The Hall–Kier alpha value is -0.360. The van der Waals surface area contributed by atoms with Gasteiger partial charge in [-0.15, -0.1) is 0 Å². The van der Waals surface area contributed by atoms with Crippen molar-refractivity contribution in [3.8, 4) is 6.07 Å². The highest BCUT2D eigenvalue weighted by molar-refractivity contribution is 14.1. The topological polar surface area (TPSA) is 50.1 Å². The zero-order chi connectivity index (χ0) is 12.1. The van der Waals surface area contributed by atoms with Crippen molar-refractivity contribution in [3.63, 3.8) is 0 Å². The van der Waals surface area contributed by atoms with E-state index in [2.05, 4.69) is 51.3 Å². The summed E-state index contributed by atoms with van der Waals surface area (Å²) < 4.78 is 6.67. The molecule has 0 aliphatic rings. The summed E-state index contributed by atoms with van der Waals surface area (Å²) in [6.45, 7) is 2.17. The van der Waals surface area contributed by atoms with Crippen LogP contribution in [0.4, 0.5) is 0 Å². The third kappa shape index (κ3) is 3.59. The number of nitriles is 1. The molecule has 0 N–H and O–H groups in total. The highest BCUT2D eigenvalue weighted by Crippen LogP contribution is 2.20. The molecule has 0 unspecified atom stereocenters. The second kappa shape index (κ2) is 6.39. The van der Waals surface area contributed by atoms with Gasteiger partial charge < -0.3 is 4.74 Å². The van der Waals surface area contributed by atoms with Gasteiger partial charge in [-0.2, -0.15) is 5.26 Å². The van der Waals surface area contributed by atoms with Gasteiger partial charge in [0.15, 0.2) is 0 Å². The maximum Gasteiger partial charge on any atom is 0.310 e. The molecule has 3 nitrogen and oxygen atoms in total. The lowest BCUT2D eigenvalue weighted by atomic mass is 10.1. The molecule has 1 aromatic rings. The minimum Gasteiger partial charge on any atom is -0.466 e. The van der Waals surface area contributed by atoms with Gasteiger partial charge in [0, 0.05) is 7.14 Å². The van der Waals surface area contributed by atoms with E-state index in [1.807, 2.05) is 6.07 Å². The second-order valence-corrected chi connectivity index (χ2v) is 5.34. The van der Waals surface area contributed by atoms with Crippen molar-refractivity contribution in [2.75, 3.05) is 6.61 Å². The molecule has 0 fully saturated rings. The summed E-state index contributed by atoms with van der Waals surface area (Å²) in [7, 11) is 0. The van der Waals surface area contributed by atoms with E-state index in [1.165, 1.54) is 0 Å². The summed E-state index contributed by atoms with van der Waals surface area (Å²) in [5.74, 6) is -0.235. The molecular formula is C11H9I2NO2. The number of hydrogen-bond donors (Lipinski definition) is 0. The Morgan fingerprint density at radius 1 is 1.44 bits per heavy atom. The van der Waals surface area contributed by atoms with Crippen molar-refractivity contribution < 1.29 is 9.53 Å². The van der Waals surface area contributed by atoms with Gasteiger partial charge in [0.05, 0.1) is 18.6 Å². The zero-order valence-electron chi connectivity index (χ0n) is 8.59. The minimum atomic E-state index is -0.235. The average molecular weight is 441 g/mol. The summed E-state index contributed by atoms with van der Waals surface area (Å²) in [6, 6.07) is 5.76. The van der Waals surface area contributed by atoms with Crippen molar-refractivity contribution in [2.24, 2.45) is 0 Å². The molecule has 0 aliphatic carbocycles. The minimum absolute atomic E-state index is 0.235. The highest BCUT2D eigenvalue weighted by Gasteiger charge is 2.10. The van der Waals surface area contributed by atoms with E-state index in [9.17, 15) is 4.79 Å². The maximum atomic E-state index is 11.3. The van der Waals surface area contributed by atoms with Crippen molar-refractivity contribution >= 4 is 51.2 Å². The van der Waals surface area contributed by atoms with Crippen LogP contribution in [0.2, 0.25) is 0 Å².